The lowest BCUT2D eigenvalue weighted by Crippen LogP contribution is -1.87. The standard InChI is InChI=1S/C11H11BrN2OS/c1-2-5-10-13-11(16-14-10)15-9-7-4-3-6-8(9)12/h3-4,6-7H,2,5H2,1H3. The summed E-state index contributed by atoms with van der Waals surface area (Å²) in [6.07, 6.45) is 1.95. The van der Waals surface area contributed by atoms with Gasteiger partial charge in [0.25, 0.3) is 5.19 Å². The van der Waals surface area contributed by atoms with Gasteiger partial charge < -0.3 is 4.74 Å². The van der Waals surface area contributed by atoms with E-state index in [0.717, 1.165) is 28.9 Å². The SMILES string of the molecule is CCCc1nsc(Oc2ccccc2Br)n1. The minimum absolute atomic E-state index is 0.593. The molecule has 0 bridgehead atoms. The molecule has 0 saturated heterocycles. The highest BCUT2D eigenvalue weighted by Crippen LogP contribution is 2.29. The minimum Gasteiger partial charge on any atom is -0.429 e. The Morgan fingerprint density at radius 1 is 1.38 bits per heavy atom. The van der Waals surface area contributed by atoms with Crippen molar-refractivity contribution in [2.75, 3.05) is 0 Å². The van der Waals surface area contributed by atoms with E-state index in [9.17, 15) is 0 Å². The van der Waals surface area contributed by atoms with Crippen LogP contribution >= 0.6 is 27.5 Å². The molecule has 0 fully saturated rings. The van der Waals surface area contributed by atoms with E-state index in [0.29, 0.717) is 5.19 Å². The Morgan fingerprint density at radius 2 is 2.19 bits per heavy atom. The normalized spacial score (nSPS) is 10.4. The van der Waals surface area contributed by atoms with Crippen LogP contribution in [0.3, 0.4) is 0 Å². The second-order valence-electron chi connectivity index (χ2n) is 3.26. The third-order valence-corrected chi connectivity index (χ3v) is 3.24. The van der Waals surface area contributed by atoms with Crippen LogP contribution in [0.25, 0.3) is 0 Å². The first-order valence-electron chi connectivity index (χ1n) is 5.04. The monoisotopic (exact) mass is 298 g/mol. The lowest BCUT2D eigenvalue weighted by atomic mass is 10.3. The van der Waals surface area contributed by atoms with Crippen molar-refractivity contribution in [1.82, 2.24) is 9.36 Å². The fraction of sp³-hybridized carbons (Fsp3) is 0.273. The summed E-state index contributed by atoms with van der Waals surface area (Å²) in [5, 5.41) is 0.593. The van der Waals surface area contributed by atoms with Crippen LogP contribution in [0.4, 0.5) is 0 Å². The molecule has 0 saturated carbocycles. The Labute approximate surface area is 107 Å². The summed E-state index contributed by atoms with van der Waals surface area (Å²) in [5.41, 5.74) is 0. The maximum absolute atomic E-state index is 5.63. The average Bonchev–Trinajstić information content (AvgIpc) is 2.70. The number of rotatable bonds is 4. The third-order valence-electron chi connectivity index (χ3n) is 1.96. The summed E-state index contributed by atoms with van der Waals surface area (Å²) in [7, 11) is 0. The van der Waals surface area contributed by atoms with Crippen molar-refractivity contribution in [2.45, 2.75) is 19.8 Å². The molecule has 0 atom stereocenters. The Bertz CT molecular complexity index is 473. The van der Waals surface area contributed by atoms with Crippen LogP contribution < -0.4 is 4.74 Å². The maximum Gasteiger partial charge on any atom is 0.298 e. The third kappa shape index (κ3) is 2.80. The quantitative estimate of drug-likeness (QED) is 0.854. The van der Waals surface area contributed by atoms with Crippen molar-refractivity contribution >= 4 is 27.5 Å². The summed E-state index contributed by atoms with van der Waals surface area (Å²) in [4.78, 5) is 4.30. The maximum atomic E-state index is 5.63. The Kier molecular flexibility index (Phi) is 3.90. The van der Waals surface area contributed by atoms with Gasteiger partial charge in [0.15, 0.2) is 0 Å². The van der Waals surface area contributed by atoms with E-state index in [4.69, 9.17) is 4.74 Å². The Hall–Kier alpha value is -0.940. The van der Waals surface area contributed by atoms with Crippen molar-refractivity contribution in [1.29, 1.82) is 0 Å². The van der Waals surface area contributed by atoms with Gasteiger partial charge in [0, 0.05) is 18.0 Å². The van der Waals surface area contributed by atoms with Crippen LogP contribution in [0.2, 0.25) is 0 Å². The molecule has 0 aliphatic rings. The molecule has 0 radical (unpaired) electrons. The van der Waals surface area contributed by atoms with Gasteiger partial charge in [-0.3, -0.25) is 0 Å². The zero-order valence-corrected chi connectivity index (χ0v) is 11.2. The predicted molar refractivity (Wildman–Crippen MR) is 68.1 cm³/mol. The lowest BCUT2D eigenvalue weighted by Gasteiger charge is -2.02. The second-order valence-corrected chi connectivity index (χ2v) is 4.83. The molecule has 1 aromatic carbocycles. The molecule has 3 nitrogen and oxygen atoms in total. The van der Waals surface area contributed by atoms with Crippen molar-refractivity contribution in [2.24, 2.45) is 0 Å². The first-order chi connectivity index (χ1) is 7.79. The fourth-order valence-corrected chi connectivity index (χ4v) is 2.18. The molecule has 0 aliphatic carbocycles. The molecule has 0 amide bonds. The highest BCUT2D eigenvalue weighted by molar-refractivity contribution is 9.10. The molecule has 2 aromatic rings. The van der Waals surface area contributed by atoms with Gasteiger partial charge in [-0.05, 0) is 34.5 Å². The van der Waals surface area contributed by atoms with Gasteiger partial charge in [-0.25, -0.2) is 0 Å². The predicted octanol–water partition coefficient (Wildman–Crippen LogP) is 4.05. The number of nitrogens with zero attached hydrogens (tertiary/aromatic N) is 2. The molecule has 1 heterocycles. The van der Waals surface area contributed by atoms with Crippen LogP contribution in [0.15, 0.2) is 28.7 Å². The van der Waals surface area contributed by atoms with Crippen molar-refractivity contribution in [3.8, 4) is 10.9 Å². The molecule has 5 heteroatoms. The van der Waals surface area contributed by atoms with Crippen LogP contribution in [0.5, 0.6) is 10.9 Å². The van der Waals surface area contributed by atoms with Gasteiger partial charge in [-0.1, -0.05) is 19.1 Å². The van der Waals surface area contributed by atoms with Gasteiger partial charge in [-0.15, -0.1) is 0 Å². The molecule has 1 aromatic heterocycles. The van der Waals surface area contributed by atoms with Gasteiger partial charge in [0.05, 0.1) is 4.47 Å². The lowest BCUT2D eigenvalue weighted by molar-refractivity contribution is 0.474. The highest BCUT2D eigenvalue weighted by Gasteiger charge is 2.07. The molecule has 0 spiro atoms. The number of benzene rings is 1. The summed E-state index contributed by atoms with van der Waals surface area (Å²) < 4.78 is 10.8. The van der Waals surface area contributed by atoms with Gasteiger partial charge in [0.1, 0.15) is 11.6 Å². The molecule has 16 heavy (non-hydrogen) atoms. The minimum atomic E-state index is 0.593. The zero-order valence-electron chi connectivity index (χ0n) is 8.81. The number of para-hydroxylation sites is 1. The Balaban J connectivity index is 2.11. The van der Waals surface area contributed by atoms with Gasteiger partial charge in [-0.2, -0.15) is 9.36 Å². The van der Waals surface area contributed by atoms with Crippen LogP contribution in [0.1, 0.15) is 19.2 Å². The van der Waals surface area contributed by atoms with E-state index in [1.807, 2.05) is 24.3 Å². The van der Waals surface area contributed by atoms with E-state index in [1.54, 1.807) is 0 Å². The summed E-state index contributed by atoms with van der Waals surface area (Å²) >= 11 is 4.71. The number of aromatic nitrogens is 2. The highest BCUT2D eigenvalue weighted by atomic mass is 79.9. The van der Waals surface area contributed by atoms with E-state index < -0.39 is 0 Å². The number of hydrogen-bond acceptors (Lipinski definition) is 4. The molecule has 0 aliphatic heterocycles. The van der Waals surface area contributed by atoms with Gasteiger partial charge >= 0.3 is 0 Å². The number of hydrogen-bond donors (Lipinski definition) is 0. The molecular formula is C11H11BrN2OS. The topological polar surface area (TPSA) is 35.0 Å². The molecule has 0 unspecified atom stereocenters. The van der Waals surface area contributed by atoms with Crippen molar-refractivity contribution < 1.29 is 4.74 Å². The summed E-state index contributed by atoms with van der Waals surface area (Å²) in [6, 6.07) is 7.70. The van der Waals surface area contributed by atoms with E-state index >= 15 is 0 Å². The fourth-order valence-electron chi connectivity index (χ4n) is 1.23. The molecular weight excluding hydrogens is 288 g/mol. The van der Waals surface area contributed by atoms with Crippen LogP contribution in [0, 0.1) is 0 Å². The van der Waals surface area contributed by atoms with E-state index in [-0.39, 0.29) is 0 Å². The first kappa shape index (κ1) is 11.5. The smallest absolute Gasteiger partial charge is 0.298 e. The number of aryl methyl sites for hydroxylation is 1. The molecule has 2 rings (SSSR count). The zero-order chi connectivity index (χ0) is 11.4. The van der Waals surface area contributed by atoms with Crippen LogP contribution in [-0.4, -0.2) is 9.36 Å². The van der Waals surface area contributed by atoms with Gasteiger partial charge in [0.2, 0.25) is 0 Å². The number of ether oxygens (including phenoxy) is 1. The molecule has 0 N–H and O–H groups in total. The van der Waals surface area contributed by atoms with E-state index in [2.05, 4.69) is 32.2 Å². The van der Waals surface area contributed by atoms with Crippen molar-refractivity contribution in [3.63, 3.8) is 0 Å². The summed E-state index contributed by atoms with van der Waals surface area (Å²) in [5.74, 6) is 1.62. The molecule has 84 valence electrons. The van der Waals surface area contributed by atoms with Crippen LogP contribution in [-0.2, 0) is 6.42 Å². The number of halogens is 1. The summed E-state index contributed by atoms with van der Waals surface area (Å²) in [6.45, 7) is 2.11. The Morgan fingerprint density at radius 3 is 2.94 bits per heavy atom. The average molecular weight is 299 g/mol. The van der Waals surface area contributed by atoms with E-state index in [1.165, 1.54) is 11.5 Å². The first-order valence-corrected chi connectivity index (χ1v) is 6.61. The van der Waals surface area contributed by atoms with Crippen molar-refractivity contribution in [3.05, 3.63) is 34.6 Å². The largest absolute Gasteiger partial charge is 0.429 e. The second kappa shape index (κ2) is 5.41.